The molecule has 0 saturated heterocycles. The minimum absolute atomic E-state index is 0.0922. The summed E-state index contributed by atoms with van der Waals surface area (Å²) in [7, 11) is 0. The Morgan fingerprint density at radius 2 is 1.19 bits per heavy atom. The Labute approximate surface area is 254 Å². The average molecular weight is 559 g/mol. The van der Waals surface area contributed by atoms with Gasteiger partial charge in [0.25, 0.3) is 0 Å². The summed E-state index contributed by atoms with van der Waals surface area (Å²) in [4.78, 5) is 9.12. The molecule has 43 heavy (non-hydrogen) atoms. The molecule has 0 spiro atoms. The van der Waals surface area contributed by atoms with Crippen molar-refractivity contribution in [1.82, 2.24) is 9.97 Å². The molecule has 0 fully saturated rings. The molecule has 3 nitrogen and oxygen atoms in total. The zero-order valence-corrected chi connectivity index (χ0v) is 25.0. The van der Waals surface area contributed by atoms with Gasteiger partial charge in [0, 0.05) is 48.8 Å². The lowest BCUT2D eigenvalue weighted by molar-refractivity contribution is -0.762. The van der Waals surface area contributed by atoms with Crippen molar-refractivity contribution in [3.05, 3.63) is 139 Å². The molecule has 1 aliphatic rings. The molecule has 0 aliphatic carbocycles. The van der Waals surface area contributed by atoms with E-state index < -0.39 is 0 Å². The van der Waals surface area contributed by atoms with Gasteiger partial charge in [-0.25, -0.2) is 9.97 Å². The Kier molecular flexibility index (Phi) is 6.95. The second-order valence-corrected chi connectivity index (χ2v) is 11.6. The quantitative estimate of drug-likeness (QED) is 0.190. The number of nitrogens with zero attached hydrogens (tertiary/aromatic N) is 3. The predicted molar refractivity (Wildman–Crippen MR) is 176 cm³/mol. The Balaban J connectivity index is 1.34. The van der Waals surface area contributed by atoms with Crippen LogP contribution in [0.15, 0.2) is 134 Å². The molecule has 0 saturated carbocycles. The zero-order chi connectivity index (χ0) is 29.4. The molecular formula is C40H36N3+. The Morgan fingerprint density at radius 1 is 0.581 bits per heavy atom. The number of benzene rings is 4. The van der Waals surface area contributed by atoms with Crippen LogP contribution < -0.4 is 4.57 Å². The summed E-state index contributed by atoms with van der Waals surface area (Å²) in [6.45, 7) is 7.07. The van der Waals surface area contributed by atoms with E-state index >= 15 is 0 Å². The van der Waals surface area contributed by atoms with Crippen molar-refractivity contribution in [1.29, 1.82) is 0 Å². The molecule has 2 aromatic heterocycles. The van der Waals surface area contributed by atoms with Gasteiger partial charge < -0.3 is 0 Å². The summed E-state index contributed by atoms with van der Waals surface area (Å²) in [5, 5.41) is 0. The maximum absolute atomic E-state index is 4.56. The highest BCUT2D eigenvalue weighted by atomic mass is 15.1. The molecule has 1 unspecified atom stereocenters. The SMILES string of the molecule is CCC1(CC)C(C)c2ccc(-c3cccc(-c4cc(-c5ccccc5)cc(-c5ncccn5)c4)c3)cc2-c2cccc[n+]21. The first kappa shape index (κ1) is 27.0. The van der Waals surface area contributed by atoms with Crippen molar-refractivity contribution in [2.24, 2.45) is 0 Å². The molecule has 0 amide bonds. The van der Waals surface area contributed by atoms with E-state index in [1.165, 1.54) is 39.1 Å². The summed E-state index contributed by atoms with van der Waals surface area (Å²) in [5.74, 6) is 1.16. The minimum atomic E-state index is 0.0922. The van der Waals surface area contributed by atoms with E-state index in [4.69, 9.17) is 0 Å². The van der Waals surface area contributed by atoms with Crippen LogP contribution >= 0.6 is 0 Å². The first-order valence-corrected chi connectivity index (χ1v) is 15.4. The minimum Gasteiger partial charge on any atom is -0.237 e. The fourth-order valence-electron chi connectivity index (χ4n) is 7.13. The highest BCUT2D eigenvalue weighted by molar-refractivity contribution is 5.82. The van der Waals surface area contributed by atoms with Gasteiger partial charge in [0.05, 0.1) is 5.56 Å². The number of hydrogen-bond acceptors (Lipinski definition) is 2. The van der Waals surface area contributed by atoms with Gasteiger partial charge in [-0.2, -0.15) is 4.57 Å². The van der Waals surface area contributed by atoms with Crippen LogP contribution in [0.3, 0.4) is 0 Å². The number of hydrogen-bond donors (Lipinski definition) is 0. The second-order valence-electron chi connectivity index (χ2n) is 11.6. The standard InChI is InChI=1S/C40H36N3/c1-4-40(5-2)28(3)36-19-18-32(27-37(36)38-17-9-10-22-43(38)40)30-15-11-16-31(23-30)34-24-33(29-13-7-6-8-14-29)25-35(26-34)39-41-20-12-21-42-39/h6-28H,4-5H2,1-3H3/q+1. The third-order valence-corrected chi connectivity index (χ3v) is 9.56. The lowest BCUT2D eigenvalue weighted by atomic mass is 9.71. The Bertz CT molecular complexity index is 1850. The van der Waals surface area contributed by atoms with E-state index in [9.17, 15) is 0 Å². The summed E-state index contributed by atoms with van der Waals surface area (Å²) in [6.07, 6.45) is 8.09. The monoisotopic (exact) mass is 558 g/mol. The molecule has 3 heterocycles. The topological polar surface area (TPSA) is 29.7 Å². The van der Waals surface area contributed by atoms with Crippen molar-refractivity contribution < 1.29 is 4.57 Å². The maximum atomic E-state index is 4.56. The number of rotatable bonds is 6. The second kappa shape index (κ2) is 11.1. The van der Waals surface area contributed by atoms with E-state index in [0.717, 1.165) is 35.4 Å². The van der Waals surface area contributed by atoms with Crippen LogP contribution in [0.1, 0.15) is 45.1 Å². The Hall–Kier alpha value is -4.89. The number of pyridine rings is 1. The highest BCUT2D eigenvalue weighted by Gasteiger charge is 2.48. The molecule has 0 radical (unpaired) electrons. The van der Waals surface area contributed by atoms with Gasteiger partial charge in [0.15, 0.2) is 17.6 Å². The van der Waals surface area contributed by atoms with Crippen LogP contribution in [0.4, 0.5) is 0 Å². The number of fused-ring (bicyclic) bond motifs is 3. The van der Waals surface area contributed by atoms with Crippen LogP contribution in [0.2, 0.25) is 0 Å². The summed E-state index contributed by atoms with van der Waals surface area (Å²) < 4.78 is 2.54. The zero-order valence-electron chi connectivity index (χ0n) is 25.0. The molecule has 7 rings (SSSR count). The van der Waals surface area contributed by atoms with Crippen molar-refractivity contribution in [2.75, 3.05) is 0 Å². The van der Waals surface area contributed by atoms with Gasteiger partial charge in [-0.15, -0.1) is 0 Å². The largest absolute Gasteiger partial charge is 0.237 e. The van der Waals surface area contributed by atoms with Crippen LogP contribution in [-0.2, 0) is 5.54 Å². The summed E-state index contributed by atoms with van der Waals surface area (Å²) >= 11 is 0. The lowest BCUT2D eigenvalue weighted by Crippen LogP contribution is -2.61. The first-order valence-electron chi connectivity index (χ1n) is 15.4. The van der Waals surface area contributed by atoms with E-state index in [-0.39, 0.29) is 5.54 Å². The average Bonchev–Trinajstić information content (AvgIpc) is 3.09. The fraction of sp³-hybridized carbons (Fsp3) is 0.175. The Morgan fingerprint density at radius 3 is 1.93 bits per heavy atom. The molecule has 0 bridgehead atoms. The van der Waals surface area contributed by atoms with Crippen molar-refractivity contribution in [2.45, 2.75) is 45.1 Å². The number of aromatic nitrogens is 3. The molecule has 210 valence electrons. The van der Waals surface area contributed by atoms with Crippen molar-refractivity contribution in [3.8, 4) is 56.0 Å². The molecule has 1 atom stereocenters. The van der Waals surface area contributed by atoms with Crippen LogP contribution in [0, 0.1) is 0 Å². The maximum Gasteiger partial charge on any atom is 0.213 e. The summed E-state index contributed by atoms with van der Waals surface area (Å²) in [5.41, 5.74) is 12.3. The summed E-state index contributed by atoms with van der Waals surface area (Å²) in [6, 6.07) is 41.7. The molecule has 1 aliphatic heterocycles. The third kappa shape index (κ3) is 4.66. The fourth-order valence-corrected chi connectivity index (χ4v) is 7.13. The third-order valence-electron chi connectivity index (χ3n) is 9.56. The van der Waals surface area contributed by atoms with E-state index in [2.05, 4.69) is 151 Å². The predicted octanol–water partition coefficient (Wildman–Crippen LogP) is 9.73. The van der Waals surface area contributed by atoms with Crippen LogP contribution in [-0.4, -0.2) is 9.97 Å². The smallest absolute Gasteiger partial charge is 0.213 e. The highest BCUT2D eigenvalue weighted by Crippen LogP contribution is 2.46. The van der Waals surface area contributed by atoms with E-state index in [1.807, 2.05) is 6.07 Å². The van der Waals surface area contributed by atoms with Crippen molar-refractivity contribution in [3.63, 3.8) is 0 Å². The van der Waals surface area contributed by atoms with Crippen LogP contribution in [0.5, 0.6) is 0 Å². The van der Waals surface area contributed by atoms with Crippen LogP contribution in [0.25, 0.3) is 56.0 Å². The van der Waals surface area contributed by atoms with Gasteiger partial charge >= 0.3 is 0 Å². The van der Waals surface area contributed by atoms with Gasteiger partial charge in [-0.3, -0.25) is 0 Å². The van der Waals surface area contributed by atoms with Crippen molar-refractivity contribution >= 4 is 0 Å². The molecule has 6 aromatic rings. The molecule has 0 N–H and O–H groups in total. The normalized spacial score (nSPS) is 15.0. The van der Waals surface area contributed by atoms with Gasteiger partial charge in [-0.05, 0) is 81.4 Å². The molecular weight excluding hydrogens is 522 g/mol. The van der Waals surface area contributed by atoms with Gasteiger partial charge in [-0.1, -0.05) is 81.4 Å². The van der Waals surface area contributed by atoms with E-state index in [1.54, 1.807) is 12.4 Å². The lowest BCUT2D eigenvalue weighted by Gasteiger charge is -2.38. The van der Waals surface area contributed by atoms with Gasteiger partial charge in [0.2, 0.25) is 5.69 Å². The first-order chi connectivity index (χ1) is 21.1. The van der Waals surface area contributed by atoms with E-state index in [0.29, 0.717) is 5.92 Å². The molecule has 3 heteroatoms. The van der Waals surface area contributed by atoms with Gasteiger partial charge in [0.1, 0.15) is 0 Å². The molecule has 4 aromatic carbocycles.